The van der Waals surface area contributed by atoms with Crippen LogP contribution in [0.3, 0.4) is 0 Å². The average Bonchev–Trinajstić information content (AvgIpc) is 2.60. The molecule has 2 aromatic rings. The minimum absolute atomic E-state index is 0.109. The van der Waals surface area contributed by atoms with Crippen molar-refractivity contribution in [2.45, 2.75) is 12.3 Å². The van der Waals surface area contributed by atoms with E-state index in [4.69, 9.17) is 5.73 Å². The summed E-state index contributed by atoms with van der Waals surface area (Å²) in [5.74, 6) is 0.109. The normalized spacial score (nSPS) is 11.1. The Morgan fingerprint density at radius 2 is 1.87 bits per heavy atom. The number of carbonyl (C=O) groups excluding carboxylic acids is 1. The van der Waals surface area contributed by atoms with E-state index in [0.717, 1.165) is 16.5 Å². The first-order chi connectivity index (χ1) is 11.2. The van der Waals surface area contributed by atoms with Crippen LogP contribution in [0, 0.1) is 0 Å². The summed E-state index contributed by atoms with van der Waals surface area (Å²) in [4.78, 5) is 15.8. The van der Waals surface area contributed by atoms with Gasteiger partial charge in [-0.2, -0.15) is 0 Å². The summed E-state index contributed by atoms with van der Waals surface area (Å²) in [5.41, 5.74) is 9.71. The molecule has 0 spiro atoms. The van der Waals surface area contributed by atoms with E-state index in [-0.39, 0.29) is 12.4 Å². The Hall–Kier alpha value is -2.34. The van der Waals surface area contributed by atoms with Crippen LogP contribution >= 0.6 is 15.9 Å². The second-order valence-corrected chi connectivity index (χ2v) is 5.19. The molecule has 0 bridgehead atoms. The van der Waals surface area contributed by atoms with Crippen LogP contribution in [0.15, 0.2) is 53.7 Å². The minimum atomic E-state index is -0.880. The van der Waals surface area contributed by atoms with Crippen molar-refractivity contribution in [1.29, 1.82) is 0 Å². The SMILES string of the molecule is CCOC(=O)O/N=C(\N)c1ccccc1-c1ccc(CBr)cc1. The third-order valence-corrected chi connectivity index (χ3v) is 3.75. The fraction of sp³-hybridized carbons (Fsp3) is 0.176. The van der Waals surface area contributed by atoms with E-state index in [1.54, 1.807) is 6.92 Å². The second kappa shape index (κ2) is 8.33. The standard InChI is InChI=1S/C17H17BrN2O3/c1-2-22-17(21)23-20-16(19)15-6-4-3-5-14(15)13-9-7-12(11-18)8-10-13/h3-10H,2,11H2,1H3,(H2,19,20). The van der Waals surface area contributed by atoms with Crippen molar-refractivity contribution in [2.75, 3.05) is 6.61 Å². The lowest BCUT2D eigenvalue weighted by Gasteiger charge is -2.09. The molecule has 0 amide bonds. The number of hydrogen-bond acceptors (Lipinski definition) is 4. The molecule has 0 radical (unpaired) electrons. The molecule has 0 heterocycles. The van der Waals surface area contributed by atoms with Crippen molar-refractivity contribution in [1.82, 2.24) is 0 Å². The van der Waals surface area contributed by atoms with Gasteiger partial charge in [0, 0.05) is 10.9 Å². The van der Waals surface area contributed by atoms with Crippen molar-refractivity contribution < 1.29 is 14.4 Å². The topological polar surface area (TPSA) is 73.9 Å². The van der Waals surface area contributed by atoms with Crippen molar-refractivity contribution in [3.8, 4) is 11.1 Å². The summed E-state index contributed by atoms with van der Waals surface area (Å²) in [5, 5.41) is 4.44. The maximum absolute atomic E-state index is 11.2. The zero-order valence-electron chi connectivity index (χ0n) is 12.7. The van der Waals surface area contributed by atoms with Crippen molar-refractivity contribution in [2.24, 2.45) is 10.9 Å². The van der Waals surface area contributed by atoms with E-state index in [1.165, 1.54) is 5.56 Å². The molecule has 2 aromatic carbocycles. The van der Waals surface area contributed by atoms with Crippen molar-refractivity contribution >= 4 is 27.9 Å². The molecule has 6 heteroatoms. The second-order valence-electron chi connectivity index (χ2n) is 4.63. The van der Waals surface area contributed by atoms with E-state index < -0.39 is 6.16 Å². The molecule has 0 atom stereocenters. The van der Waals surface area contributed by atoms with Gasteiger partial charge in [-0.1, -0.05) is 69.6 Å². The van der Waals surface area contributed by atoms with Crippen LogP contribution in [0.4, 0.5) is 4.79 Å². The van der Waals surface area contributed by atoms with Gasteiger partial charge in [-0.05, 0) is 23.6 Å². The third-order valence-electron chi connectivity index (χ3n) is 3.10. The number of amidine groups is 1. The number of rotatable bonds is 5. The summed E-state index contributed by atoms with van der Waals surface area (Å²) in [7, 11) is 0. The Morgan fingerprint density at radius 1 is 1.17 bits per heavy atom. The molecule has 0 aliphatic carbocycles. The zero-order chi connectivity index (χ0) is 16.7. The maximum Gasteiger partial charge on any atom is 0.535 e. The van der Waals surface area contributed by atoms with Crippen LogP contribution < -0.4 is 5.73 Å². The average molecular weight is 377 g/mol. The summed E-state index contributed by atoms with van der Waals surface area (Å²) in [6.45, 7) is 1.89. The van der Waals surface area contributed by atoms with Gasteiger partial charge in [0.05, 0.1) is 6.61 Å². The highest BCUT2D eigenvalue weighted by atomic mass is 79.9. The van der Waals surface area contributed by atoms with Gasteiger partial charge in [-0.25, -0.2) is 4.79 Å². The molecular formula is C17H17BrN2O3. The van der Waals surface area contributed by atoms with Gasteiger partial charge in [0.2, 0.25) is 0 Å². The van der Waals surface area contributed by atoms with Crippen LogP contribution in [0.25, 0.3) is 11.1 Å². The smallest absolute Gasteiger partial charge is 0.433 e. The Morgan fingerprint density at radius 3 is 2.52 bits per heavy atom. The number of halogens is 1. The fourth-order valence-electron chi connectivity index (χ4n) is 2.01. The van der Waals surface area contributed by atoms with E-state index in [0.29, 0.717) is 5.56 Å². The maximum atomic E-state index is 11.2. The molecule has 5 nitrogen and oxygen atoms in total. The summed E-state index contributed by atoms with van der Waals surface area (Å²) in [6, 6.07) is 15.6. The van der Waals surface area contributed by atoms with E-state index in [1.807, 2.05) is 48.5 Å². The van der Waals surface area contributed by atoms with Crippen molar-refractivity contribution in [3.63, 3.8) is 0 Å². The number of alkyl halides is 1. The van der Waals surface area contributed by atoms with Gasteiger partial charge in [0.1, 0.15) is 0 Å². The fourth-order valence-corrected chi connectivity index (χ4v) is 2.39. The molecule has 0 saturated heterocycles. The van der Waals surface area contributed by atoms with Crippen LogP contribution in [0.5, 0.6) is 0 Å². The number of carbonyl (C=O) groups is 1. The molecule has 120 valence electrons. The van der Waals surface area contributed by atoms with Crippen LogP contribution in [-0.2, 0) is 14.9 Å². The lowest BCUT2D eigenvalue weighted by atomic mass is 9.98. The Kier molecular flexibility index (Phi) is 6.17. The van der Waals surface area contributed by atoms with E-state index >= 15 is 0 Å². The number of nitrogens with two attached hydrogens (primary N) is 1. The molecule has 23 heavy (non-hydrogen) atoms. The molecule has 0 saturated carbocycles. The summed E-state index contributed by atoms with van der Waals surface area (Å²) >= 11 is 3.42. The van der Waals surface area contributed by atoms with Gasteiger partial charge in [-0.15, -0.1) is 0 Å². The zero-order valence-corrected chi connectivity index (χ0v) is 14.2. The number of nitrogens with zero attached hydrogens (tertiary/aromatic N) is 1. The van der Waals surface area contributed by atoms with Crippen LogP contribution in [-0.4, -0.2) is 18.6 Å². The summed E-state index contributed by atoms with van der Waals surface area (Å²) in [6.07, 6.45) is -0.880. The van der Waals surface area contributed by atoms with Crippen LogP contribution in [0.1, 0.15) is 18.1 Å². The van der Waals surface area contributed by atoms with E-state index in [2.05, 4.69) is 30.7 Å². The van der Waals surface area contributed by atoms with Gasteiger partial charge in [-0.3, -0.25) is 4.84 Å². The predicted molar refractivity (Wildman–Crippen MR) is 93.3 cm³/mol. The molecule has 0 aliphatic heterocycles. The number of oxime groups is 1. The molecular weight excluding hydrogens is 360 g/mol. The largest absolute Gasteiger partial charge is 0.535 e. The molecule has 0 fully saturated rings. The number of benzene rings is 2. The Balaban J connectivity index is 2.29. The highest BCUT2D eigenvalue weighted by Crippen LogP contribution is 2.24. The molecule has 0 aliphatic rings. The van der Waals surface area contributed by atoms with Crippen LogP contribution in [0.2, 0.25) is 0 Å². The third kappa shape index (κ3) is 4.56. The Bertz CT molecular complexity index is 699. The summed E-state index contributed by atoms with van der Waals surface area (Å²) < 4.78 is 4.64. The number of hydrogen-bond donors (Lipinski definition) is 1. The van der Waals surface area contributed by atoms with E-state index in [9.17, 15) is 4.79 Å². The first kappa shape index (κ1) is 17.0. The highest BCUT2D eigenvalue weighted by Gasteiger charge is 2.10. The minimum Gasteiger partial charge on any atom is -0.433 e. The van der Waals surface area contributed by atoms with Gasteiger partial charge in [0.25, 0.3) is 0 Å². The quantitative estimate of drug-likeness (QED) is 0.213. The van der Waals surface area contributed by atoms with Gasteiger partial charge < -0.3 is 10.5 Å². The molecule has 2 N–H and O–H groups in total. The molecule has 0 unspecified atom stereocenters. The number of ether oxygens (including phenoxy) is 1. The van der Waals surface area contributed by atoms with Gasteiger partial charge >= 0.3 is 6.16 Å². The molecule has 0 aromatic heterocycles. The van der Waals surface area contributed by atoms with Gasteiger partial charge in [0.15, 0.2) is 5.84 Å². The lowest BCUT2D eigenvalue weighted by Crippen LogP contribution is -2.16. The molecule has 2 rings (SSSR count). The monoisotopic (exact) mass is 376 g/mol. The predicted octanol–water partition coefficient (Wildman–Crippen LogP) is 4.04. The van der Waals surface area contributed by atoms with Crippen molar-refractivity contribution in [3.05, 3.63) is 59.7 Å². The first-order valence-corrected chi connectivity index (χ1v) is 8.19. The highest BCUT2D eigenvalue weighted by molar-refractivity contribution is 9.08. The first-order valence-electron chi connectivity index (χ1n) is 7.07. The Labute approximate surface area is 143 Å². The lowest BCUT2D eigenvalue weighted by molar-refractivity contribution is 0.0613.